The summed E-state index contributed by atoms with van der Waals surface area (Å²) < 4.78 is 0. The van der Waals surface area contributed by atoms with Gasteiger partial charge >= 0.3 is 0 Å². The van der Waals surface area contributed by atoms with E-state index < -0.39 is 0 Å². The van der Waals surface area contributed by atoms with Gasteiger partial charge in [-0.25, -0.2) is 0 Å². The third kappa shape index (κ3) is 2.69. The van der Waals surface area contributed by atoms with E-state index >= 15 is 0 Å². The van der Waals surface area contributed by atoms with Gasteiger partial charge in [-0.15, -0.1) is 0 Å². The Morgan fingerprint density at radius 3 is 3.13 bits per heavy atom. The number of hydrogen-bond acceptors (Lipinski definition) is 3. The second-order valence-corrected chi connectivity index (χ2v) is 4.31. The molecule has 0 bridgehead atoms. The molecular formula is C12H19N3. The van der Waals surface area contributed by atoms with E-state index in [0.29, 0.717) is 6.04 Å². The van der Waals surface area contributed by atoms with E-state index in [0.717, 1.165) is 12.2 Å². The van der Waals surface area contributed by atoms with Crippen LogP contribution in [0.2, 0.25) is 0 Å². The summed E-state index contributed by atoms with van der Waals surface area (Å²) in [5.41, 5.74) is 3.51. The van der Waals surface area contributed by atoms with Gasteiger partial charge in [-0.1, -0.05) is 0 Å². The lowest BCUT2D eigenvalue weighted by Gasteiger charge is -2.14. The van der Waals surface area contributed by atoms with Crippen molar-refractivity contribution >= 4 is 5.69 Å². The van der Waals surface area contributed by atoms with Crippen molar-refractivity contribution in [2.24, 2.45) is 0 Å². The Morgan fingerprint density at radius 2 is 2.40 bits per heavy atom. The maximum atomic E-state index is 4.26. The molecule has 1 unspecified atom stereocenters. The summed E-state index contributed by atoms with van der Waals surface area (Å²) >= 11 is 0. The molecule has 2 rings (SSSR count). The third-order valence-electron chi connectivity index (χ3n) is 2.94. The highest BCUT2D eigenvalue weighted by Crippen LogP contribution is 2.15. The van der Waals surface area contributed by atoms with E-state index in [9.17, 15) is 0 Å². The molecular weight excluding hydrogens is 186 g/mol. The van der Waals surface area contributed by atoms with Crippen LogP contribution in [0.15, 0.2) is 12.3 Å². The van der Waals surface area contributed by atoms with Crippen molar-refractivity contribution < 1.29 is 0 Å². The highest BCUT2D eigenvalue weighted by atomic mass is 15.0. The molecule has 0 saturated carbocycles. The number of aryl methyl sites for hydroxylation is 2. The maximum Gasteiger partial charge on any atom is 0.0404 e. The molecule has 1 aliphatic heterocycles. The van der Waals surface area contributed by atoms with Gasteiger partial charge in [-0.05, 0) is 44.9 Å². The Balaban J connectivity index is 1.94. The van der Waals surface area contributed by atoms with E-state index in [4.69, 9.17) is 0 Å². The molecule has 15 heavy (non-hydrogen) atoms. The Labute approximate surface area is 91.3 Å². The van der Waals surface area contributed by atoms with E-state index in [1.54, 1.807) is 0 Å². The second kappa shape index (κ2) is 4.62. The second-order valence-electron chi connectivity index (χ2n) is 4.31. The lowest BCUT2D eigenvalue weighted by Crippen LogP contribution is -2.29. The summed E-state index contributed by atoms with van der Waals surface area (Å²) in [4.78, 5) is 4.26. The minimum atomic E-state index is 0.637. The van der Waals surface area contributed by atoms with E-state index in [1.807, 2.05) is 13.1 Å². The van der Waals surface area contributed by atoms with Gasteiger partial charge in [0.25, 0.3) is 0 Å². The zero-order valence-corrected chi connectivity index (χ0v) is 9.51. The number of anilines is 1. The molecule has 2 N–H and O–H groups in total. The lowest BCUT2D eigenvalue weighted by molar-refractivity contribution is 0.633. The fraction of sp³-hybridized carbons (Fsp3) is 0.583. The van der Waals surface area contributed by atoms with Gasteiger partial charge in [-0.2, -0.15) is 0 Å². The minimum absolute atomic E-state index is 0.637. The van der Waals surface area contributed by atoms with Crippen LogP contribution >= 0.6 is 0 Å². The van der Waals surface area contributed by atoms with Gasteiger partial charge in [0.05, 0.1) is 0 Å². The van der Waals surface area contributed by atoms with E-state index in [1.165, 1.54) is 30.6 Å². The van der Waals surface area contributed by atoms with Crippen molar-refractivity contribution in [3.8, 4) is 0 Å². The average molecular weight is 205 g/mol. The molecule has 0 aliphatic carbocycles. The van der Waals surface area contributed by atoms with Crippen molar-refractivity contribution in [1.29, 1.82) is 0 Å². The van der Waals surface area contributed by atoms with Crippen molar-refractivity contribution in [3.63, 3.8) is 0 Å². The van der Waals surface area contributed by atoms with Crippen LogP contribution < -0.4 is 10.6 Å². The summed E-state index contributed by atoms with van der Waals surface area (Å²) in [6.45, 7) is 6.31. The van der Waals surface area contributed by atoms with Crippen LogP contribution in [0.3, 0.4) is 0 Å². The lowest BCUT2D eigenvalue weighted by atomic mass is 10.2. The first-order valence-electron chi connectivity index (χ1n) is 5.66. The van der Waals surface area contributed by atoms with Crippen LogP contribution in [0.5, 0.6) is 0 Å². The largest absolute Gasteiger partial charge is 0.383 e. The SMILES string of the molecule is Cc1cc(NCC2CCCN2)c(C)cn1. The minimum Gasteiger partial charge on any atom is -0.383 e. The predicted octanol–water partition coefficient (Wildman–Crippen LogP) is 1.86. The van der Waals surface area contributed by atoms with Crippen LogP contribution in [0, 0.1) is 13.8 Å². The first-order chi connectivity index (χ1) is 7.25. The number of pyridine rings is 1. The predicted molar refractivity (Wildman–Crippen MR) is 63.2 cm³/mol. The molecule has 1 atom stereocenters. The zero-order chi connectivity index (χ0) is 10.7. The Morgan fingerprint density at radius 1 is 1.53 bits per heavy atom. The molecule has 1 aromatic heterocycles. The highest BCUT2D eigenvalue weighted by Gasteiger charge is 2.13. The summed E-state index contributed by atoms with van der Waals surface area (Å²) in [6, 6.07) is 2.75. The van der Waals surface area contributed by atoms with Crippen LogP contribution in [0.4, 0.5) is 5.69 Å². The number of aromatic nitrogens is 1. The number of hydrogen-bond donors (Lipinski definition) is 2. The van der Waals surface area contributed by atoms with Crippen molar-refractivity contribution in [1.82, 2.24) is 10.3 Å². The molecule has 3 nitrogen and oxygen atoms in total. The smallest absolute Gasteiger partial charge is 0.0404 e. The molecule has 1 aromatic rings. The van der Waals surface area contributed by atoms with Gasteiger partial charge in [-0.3, -0.25) is 4.98 Å². The molecule has 1 saturated heterocycles. The summed E-state index contributed by atoms with van der Waals surface area (Å²) in [7, 11) is 0. The topological polar surface area (TPSA) is 37.0 Å². The van der Waals surface area contributed by atoms with Crippen molar-refractivity contribution in [2.45, 2.75) is 32.7 Å². The zero-order valence-electron chi connectivity index (χ0n) is 9.51. The standard InChI is InChI=1S/C12H19N3/c1-9-7-14-10(2)6-12(9)15-8-11-4-3-5-13-11/h6-7,11,13H,3-5,8H2,1-2H3,(H,14,15). The van der Waals surface area contributed by atoms with Gasteiger partial charge in [0, 0.05) is 30.2 Å². The van der Waals surface area contributed by atoms with Gasteiger partial charge in [0.1, 0.15) is 0 Å². The average Bonchev–Trinajstić information content (AvgIpc) is 2.72. The fourth-order valence-corrected chi connectivity index (χ4v) is 1.98. The molecule has 2 heterocycles. The van der Waals surface area contributed by atoms with E-state index in [-0.39, 0.29) is 0 Å². The molecule has 3 heteroatoms. The molecule has 0 spiro atoms. The van der Waals surface area contributed by atoms with Crippen LogP contribution in [0.25, 0.3) is 0 Å². The van der Waals surface area contributed by atoms with Gasteiger partial charge in [0.2, 0.25) is 0 Å². The van der Waals surface area contributed by atoms with Crippen molar-refractivity contribution in [3.05, 3.63) is 23.5 Å². The molecule has 0 amide bonds. The molecule has 1 aliphatic rings. The maximum absolute atomic E-state index is 4.26. The van der Waals surface area contributed by atoms with Gasteiger partial charge in [0.15, 0.2) is 0 Å². The van der Waals surface area contributed by atoms with Crippen LogP contribution in [-0.4, -0.2) is 24.1 Å². The van der Waals surface area contributed by atoms with Gasteiger partial charge < -0.3 is 10.6 Å². The van der Waals surface area contributed by atoms with E-state index in [2.05, 4.69) is 28.6 Å². The normalized spacial score (nSPS) is 20.5. The molecule has 82 valence electrons. The summed E-state index contributed by atoms with van der Waals surface area (Å²) in [5.74, 6) is 0. The van der Waals surface area contributed by atoms with Crippen LogP contribution in [-0.2, 0) is 0 Å². The number of nitrogens with zero attached hydrogens (tertiary/aromatic N) is 1. The van der Waals surface area contributed by atoms with Crippen molar-refractivity contribution in [2.75, 3.05) is 18.4 Å². The number of nitrogens with one attached hydrogen (secondary N) is 2. The molecule has 1 fully saturated rings. The Hall–Kier alpha value is -1.09. The summed E-state index contributed by atoms with van der Waals surface area (Å²) in [5, 5.41) is 6.98. The first kappa shape index (κ1) is 10.4. The highest BCUT2D eigenvalue weighted by molar-refractivity contribution is 5.50. The quantitative estimate of drug-likeness (QED) is 0.791. The van der Waals surface area contributed by atoms with Crippen LogP contribution in [0.1, 0.15) is 24.1 Å². The molecule has 0 radical (unpaired) electrons. The number of rotatable bonds is 3. The monoisotopic (exact) mass is 205 g/mol. The Kier molecular flexibility index (Phi) is 3.21. The molecule has 0 aromatic carbocycles. The first-order valence-corrected chi connectivity index (χ1v) is 5.66. The Bertz CT molecular complexity index is 330. The fourth-order valence-electron chi connectivity index (χ4n) is 1.98. The summed E-state index contributed by atoms with van der Waals surface area (Å²) in [6.07, 6.45) is 4.52. The third-order valence-corrected chi connectivity index (χ3v) is 2.94.